The monoisotopic (exact) mass is 298 g/mol. The van der Waals surface area contributed by atoms with Crippen molar-refractivity contribution < 1.29 is 13.2 Å². The summed E-state index contributed by atoms with van der Waals surface area (Å²) in [4.78, 5) is 2.00. The van der Waals surface area contributed by atoms with Crippen molar-refractivity contribution in [2.75, 3.05) is 29.2 Å². The summed E-state index contributed by atoms with van der Waals surface area (Å²) < 4.78 is 28.8. The number of benzene rings is 1. The van der Waals surface area contributed by atoms with Crippen LogP contribution in [0.2, 0.25) is 0 Å². The first-order valence-electron chi connectivity index (χ1n) is 6.78. The third-order valence-electron chi connectivity index (χ3n) is 3.52. The van der Waals surface area contributed by atoms with Crippen molar-refractivity contribution in [3.05, 3.63) is 18.2 Å². The molecule has 1 aromatic rings. The molecular formula is C14H22N2O3S. The van der Waals surface area contributed by atoms with Gasteiger partial charge in [0.2, 0.25) is 0 Å². The summed E-state index contributed by atoms with van der Waals surface area (Å²) in [6, 6.07) is 5.59. The average molecular weight is 298 g/mol. The zero-order valence-electron chi connectivity index (χ0n) is 12.2. The maximum Gasteiger partial charge on any atom is 0.152 e. The molecule has 1 aliphatic heterocycles. The van der Waals surface area contributed by atoms with Crippen LogP contribution in [-0.2, 0) is 9.84 Å². The third kappa shape index (κ3) is 3.36. The molecular weight excluding hydrogens is 276 g/mol. The van der Waals surface area contributed by atoms with Crippen LogP contribution < -0.4 is 15.4 Å². The topological polar surface area (TPSA) is 72.6 Å². The molecule has 1 heterocycles. The summed E-state index contributed by atoms with van der Waals surface area (Å²) in [7, 11) is -0.970. The van der Waals surface area contributed by atoms with E-state index in [1.807, 2.05) is 37.9 Å². The fourth-order valence-corrected chi connectivity index (χ4v) is 4.16. The molecule has 0 bridgehead atoms. The van der Waals surface area contributed by atoms with E-state index >= 15 is 0 Å². The maximum absolute atomic E-state index is 11.6. The highest BCUT2D eigenvalue weighted by Gasteiger charge is 2.31. The number of anilines is 2. The standard InChI is InChI=1S/C14H22N2O3S/c1-10(2)19-14-8-11(4-5-13(14)15)16(3)12-6-7-20(17,18)9-12/h4-5,8,10,12H,6-7,9,15H2,1-3H3. The summed E-state index contributed by atoms with van der Waals surface area (Å²) >= 11 is 0. The highest BCUT2D eigenvalue weighted by Crippen LogP contribution is 2.30. The molecule has 1 saturated heterocycles. The Morgan fingerprint density at radius 3 is 2.65 bits per heavy atom. The quantitative estimate of drug-likeness (QED) is 0.856. The number of nitrogen functional groups attached to an aromatic ring is 1. The normalized spacial score (nSPS) is 21.1. The van der Waals surface area contributed by atoms with Gasteiger partial charge in [-0.3, -0.25) is 0 Å². The number of sulfone groups is 1. The van der Waals surface area contributed by atoms with Gasteiger partial charge in [-0.15, -0.1) is 0 Å². The van der Waals surface area contributed by atoms with E-state index in [0.717, 1.165) is 5.69 Å². The fourth-order valence-electron chi connectivity index (χ4n) is 2.39. The van der Waals surface area contributed by atoms with Gasteiger partial charge in [-0.2, -0.15) is 0 Å². The molecule has 1 aliphatic rings. The molecule has 6 heteroatoms. The maximum atomic E-state index is 11.6. The Balaban J connectivity index is 2.20. The molecule has 1 fully saturated rings. The Kier molecular flexibility index (Phi) is 4.13. The number of nitrogens with two attached hydrogens (primary N) is 1. The van der Waals surface area contributed by atoms with Crippen molar-refractivity contribution in [1.29, 1.82) is 0 Å². The Morgan fingerprint density at radius 1 is 1.40 bits per heavy atom. The van der Waals surface area contributed by atoms with E-state index in [0.29, 0.717) is 17.9 Å². The molecule has 2 N–H and O–H groups in total. The second kappa shape index (κ2) is 5.52. The second-order valence-electron chi connectivity index (χ2n) is 5.56. The van der Waals surface area contributed by atoms with Gasteiger partial charge in [0.1, 0.15) is 5.75 Å². The first kappa shape index (κ1) is 15.0. The summed E-state index contributed by atoms with van der Waals surface area (Å²) in [6.07, 6.45) is 0.716. The Hall–Kier alpha value is -1.43. The lowest BCUT2D eigenvalue weighted by Crippen LogP contribution is -2.32. The van der Waals surface area contributed by atoms with Gasteiger partial charge in [-0.05, 0) is 32.4 Å². The minimum atomic E-state index is -2.88. The van der Waals surface area contributed by atoms with E-state index in [4.69, 9.17) is 10.5 Å². The third-order valence-corrected chi connectivity index (χ3v) is 5.27. The number of hydrogen-bond acceptors (Lipinski definition) is 5. The number of hydrogen-bond donors (Lipinski definition) is 1. The molecule has 1 atom stereocenters. The molecule has 0 saturated carbocycles. The Labute approximate surface area is 120 Å². The van der Waals surface area contributed by atoms with Gasteiger partial charge < -0.3 is 15.4 Å². The van der Waals surface area contributed by atoms with Gasteiger partial charge in [0.05, 0.1) is 23.3 Å². The predicted octanol–water partition coefficient (Wildman–Crippen LogP) is 1.68. The molecule has 0 aliphatic carbocycles. The van der Waals surface area contributed by atoms with Crippen LogP contribution in [0, 0.1) is 0 Å². The van der Waals surface area contributed by atoms with Crippen LogP contribution in [0.1, 0.15) is 20.3 Å². The summed E-state index contributed by atoms with van der Waals surface area (Å²) in [5.41, 5.74) is 7.42. The number of nitrogens with zero attached hydrogens (tertiary/aromatic N) is 1. The molecule has 20 heavy (non-hydrogen) atoms. The van der Waals surface area contributed by atoms with Crippen molar-refractivity contribution in [2.45, 2.75) is 32.4 Å². The second-order valence-corrected chi connectivity index (χ2v) is 7.79. The highest BCUT2D eigenvalue weighted by atomic mass is 32.2. The number of ether oxygens (including phenoxy) is 1. The van der Waals surface area contributed by atoms with Gasteiger partial charge in [-0.1, -0.05) is 0 Å². The van der Waals surface area contributed by atoms with Crippen molar-refractivity contribution in [3.63, 3.8) is 0 Å². The molecule has 5 nitrogen and oxygen atoms in total. The summed E-state index contributed by atoms with van der Waals surface area (Å²) in [5.74, 6) is 1.13. The molecule has 1 unspecified atom stereocenters. The summed E-state index contributed by atoms with van der Waals surface area (Å²) in [6.45, 7) is 3.89. The molecule has 0 amide bonds. The van der Waals surface area contributed by atoms with E-state index in [2.05, 4.69) is 0 Å². The van der Waals surface area contributed by atoms with Crippen LogP contribution in [0.3, 0.4) is 0 Å². The SMILES string of the molecule is CC(C)Oc1cc(N(C)C2CCS(=O)(=O)C2)ccc1N. The lowest BCUT2D eigenvalue weighted by molar-refractivity contribution is 0.244. The largest absolute Gasteiger partial charge is 0.489 e. The van der Waals surface area contributed by atoms with E-state index in [1.165, 1.54) is 0 Å². The van der Waals surface area contributed by atoms with Crippen molar-refractivity contribution in [1.82, 2.24) is 0 Å². The lowest BCUT2D eigenvalue weighted by Gasteiger charge is -2.26. The van der Waals surface area contributed by atoms with Crippen molar-refractivity contribution in [3.8, 4) is 5.75 Å². The van der Waals surface area contributed by atoms with E-state index in [-0.39, 0.29) is 23.7 Å². The van der Waals surface area contributed by atoms with Gasteiger partial charge in [-0.25, -0.2) is 8.42 Å². The molecule has 0 aromatic heterocycles. The van der Waals surface area contributed by atoms with Gasteiger partial charge in [0, 0.05) is 24.8 Å². The fraction of sp³-hybridized carbons (Fsp3) is 0.571. The van der Waals surface area contributed by atoms with E-state index in [9.17, 15) is 8.42 Å². The minimum absolute atomic E-state index is 0.0236. The zero-order valence-corrected chi connectivity index (χ0v) is 13.0. The summed E-state index contributed by atoms with van der Waals surface area (Å²) in [5, 5.41) is 0. The molecule has 0 radical (unpaired) electrons. The van der Waals surface area contributed by atoms with Crippen LogP contribution >= 0.6 is 0 Å². The molecule has 1 aromatic carbocycles. The highest BCUT2D eigenvalue weighted by molar-refractivity contribution is 7.91. The first-order valence-corrected chi connectivity index (χ1v) is 8.60. The van der Waals surface area contributed by atoms with Gasteiger partial charge in [0.15, 0.2) is 9.84 Å². The van der Waals surface area contributed by atoms with Crippen LogP contribution in [0.5, 0.6) is 5.75 Å². The van der Waals surface area contributed by atoms with Gasteiger partial charge in [0.25, 0.3) is 0 Å². The van der Waals surface area contributed by atoms with Gasteiger partial charge >= 0.3 is 0 Å². The van der Waals surface area contributed by atoms with Crippen molar-refractivity contribution in [2.24, 2.45) is 0 Å². The Bertz CT molecular complexity index is 584. The van der Waals surface area contributed by atoms with Crippen LogP contribution in [-0.4, -0.2) is 39.1 Å². The van der Waals surface area contributed by atoms with Crippen LogP contribution in [0.25, 0.3) is 0 Å². The van der Waals surface area contributed by atoms with Crippen molar-refractivity contribution >= 4 is 21.2 Å². The minimum Gasteiger partial charge on any atom is -0.489 e. The zero-order chi connectivity index (χ0) is 14.9. The lowest BCUT2D eigenvalue weighted by atomic mass is 10.2. The molecule has 112 valence electrons. The molecule has 2 rings (SSSR count). The average Bonchev–Trinajstić information content (AvgIpc) is 2.71. The van der Waals surface area contributed by atoms with E-state index < -0.39 is 9.84 Å². The molecule has 0 spiro atoms. The van der Waals surface area contributed by atoms with Crippen LogP contribution in [0.4, 0.5) is 11.4 Å². The number of rotatable bonds is 4. The Morgan fingerprint density at radius 2 is 2.10 bits per heavy atom. The first-order chi connectivity index (χ1) is 9.28. The van der Waals surface area contributed by atoms with Crippen LogP contribution in [0.15, 0.2) is 18.2 Å². The van der Waals surface area contributed by atoms with E-state index in [1.54, 1.807) is 6.07 Å². The smallest absolute Gasteiger partial charge is 0.152 e. The predicted molar refractivity (Wildman–Crippen MR) is 82.1 cm³/mol.